The minimum Gasteiger partial charge on any atom is -0.507 e. The molecule has 0 spiro atoms. The first-order valence-electron chi connectivity index (χ1n) is 5.82. The highest BCUT2D eigenvalue weighted by Crippen LogP contribution is 2.18. The molecular weight excluding hydrogens is 218 g/mol. The van der Waals surface area contributed by atoms with Gasteiger partial charge < -0.3 is 15.2 Å². The summed E-state index contributed by atoms with van der Waals surface area (Å²) in [6.45, 7) is 3.98. The average Bonchev–Trinajstić information content (AvgIpc) is 2.82. The Morgan fingerprint density at radius 2 is 2.41 bits per heavy atom. The van der Waals surface area contributed by atoms with Crippen molar-refractivity contribution in [2.75, 3.05) is 19.8 Å². The molecule has 0 aliphatic carbocycles. The van der Waals surface area contributed by atoms with Crippen LogP contribution in [0, 0.1) is 12.8 Å². The van der Waals surface area contributed by atoms with Crippen LogP contribution in [0.3, 0.4) is 0 Å². The Kier molecular flexibility index (Phi) is 3.64. The van der Waals surface area contributed by atoms with E-state index in [0.29, 0.717) is 24.6 Å². The molecule has 1 atom stereocenters. The van der Waals surface area contributed by atoms with Gasteiger partial charge in [0.05, 0.1) is 12.2 Å². The zero-order valence-electron chi connectivity index (χ0n) is 9.90. The van der Waals surface area contributed by atoms with Crippen molar-refractivity contribution in [3.63, 3.8) is 0 Å². The first-order chi connectivity index (χ1) is 8.16. The zero-order valence-corrected chi connectivity index (χ0v) is 9.90. The summed E-state index contributed by atoms with van der Waals surface area (Å²) in [5, 5.41) is 12.4. The Bertz CT molecular complexity index is 411. The van der Waals surface area contributed by atoms with Crippen LogP contribution in [0.15, 0.2) is 18.2 Å². The molecule has 4 nitrogen and oxygen atoms in total. The molecule has 1 aliphatic heterocycles. The molecule has 1 aromatic carbocycles. The van der Waals surface area contributed by atoms with Crippen LogP contribution >= 0.6 is 0 Å². The molecule has 2 rings (SSSR count). The number of hydrogen-bond donors (Lipinski definition) is 2. The number of aryl methyl sites for hydroxylation is 1. The van der Waals surface area contributed by atoms with E-state index >= 15 is 0 Å². The summed E-state index contributed by atoms with van der Waals surface area (Å²) in [6, 6.07) is 5.01. The molecule has 1 heterocycles. The van der Waals surface area contributed by atoms with Crippen molar-refractivity contribution < 1.29 is 14.6 Å². The Morgan fingerprint density at radius 1 is 1.59 bits per heavy atom. The number of rotatable bonds is 3. The lowest BCUT2D eigenvalue weighted by molar-refractivity contribution is 0.0942. The van der Waals surface area contributed by atoms with Gasteiger partial charge in [-0.25, -0.2) is 0 Å². The van der Waals surface area contributed by atoms with Crippen LogP contribution in [0.1, 0.15) is 22.3 Å². The fraction of sp³-hybridized carbons (Fsp3) is 0.462. The fourth-order valence-corrected chi connectivity index (χ4v) is 1.91. The van der Waals surface area contributed by atoms with E-state index < -0.39 is 0 Å². The molecule has 0 radical (unpaired) electrons. The predicted octanol–water partition coefficient (Wildman–Crippen LogP) is 1.47. The van der Waals surface area contributed by atoms with Crippen molar-refractivity contribution in [1.29, 1.82) is 0 Å². The third-order valence-corrected chi connectivity index (χ3v) is 2.97. The molecule has 1 aromatic rings. The molecule has 0 saturated carbocycles. The summed E-state index contributed by atoms with van der Waals surface area (Å²) in [7, 11) is 0. The normalized spacial score (nSPS) is 19.2. The Labute approximate surface area is 101 Å². The Morgan fingerprint density at radius 3 is 3.12 bits per heavy atom. The lowest BCUT2D eigenvalue weighted by Crippen LogP contribution is -2.29. The summed E-state index contributed by atoms with van der Waals surface area (Å²) in [6.07, 6.45) is 0.986. The molecular formula is C13H17NO3. The van der Waals surface area contributed by atoms with Crippen LogP contribution in [0.4, 0.5) is 0 Å². The van der Waals surface area contributed by atoms with Gasteiger partial charge in [-0.1, -0.05) is 11.6 Å². The van der Waals surface area contributed by atoms with Crippen molar-refractivity contribution in [3.05, 3.63) is 29.3 Å². The highest BCUT2D eigenvalue weighted by Gasteiger charge is 2.17. The van der Waals surface area contributed by atoms with Crippen molar-refractivity contribution >= 4 is 5.91 Å². The number of nitrogens with one attached hydrogen (secondary N) is 1. The lowest BCUT2D eigenvalue weighted by Gasteiger charge is -2.10. The molecule has 0 aromatic heterocycles. The third kappa shape index (κ3) is 2.97. The first-order valence-corrected chi connectivity index (χ1v) is 5.82. The summed E-state index contributed by atoms with van der Waals surface area (Å²) >= 11 is 0. The maximum atomic E-state index is 11.9. The lowest BCUT2D eigenvalue weighted by atomic mass is 10.1. The second kappa shape index (κ2) is 5.19. The molecule has 0 bridgehead atoms. The predicted molar refractivity (Wildman–Crippen MR) is 64.1 cm³/mol. The molecule has 1 saturated heterocycles. The van der Waals surface area contributed by atoms with Crippen LogP contribution in [-0.4, -0.2) is 30.8 Å². The largest absolute Gasteiger partial charge is 0.507 e. The third-order valence-electron chi connectivity index (χ3n) is 2.97. The van der Waals surface area contributed by atoms with Gasteiger partial charge >= 0.3 is 0 Å². The highest BCUT2D eigenvalue weighted by molar-refractivity contribution is 5.96. The summed E-state index contributed by atoms with van der Waals surface area (Å²) in [5.41, 5.74) is 1.29. The first kappa shape index (κ1) is 11.9. The number of carbonyl (C=O) groups is 1. The minimum absolute atomic E-state index is 0.0239. The van der Waals surface area contributed by atoms with Crippen LogP contribution in [0.2, 0.25) is 0 Å². The molecule has 1 unspecified atom stereocenters. The van der Waals surface area contributed by atoms with Crippen molar-refractivity contribution in [2.24, 2.45) is 5.92 Å². The SMILES string of the molecule is Cc1ccc(O)c(C(=O)NCC2CCOC2)c1. The maximum Gasteiger partial charge on any atom is 0.255 e. The second-order valence-corrected chi connectivity index (χ2v) is 4.46. The number of carbonyl (C=O) groups excluding carboxylic acids is 1. The van der Waals surface area contributed by atoms with Gasteiger partial charge in [-0.2, -0.15) is 0 Å². The molecule has 1 aliphatic rings. The number of amides is 1. The standard InChI is InChI=1S/C13H17NO3/c1-9-2-3-12(15)11(6-9)13(16)14-7-10-4-5-17-8-10/h2-3,6,10,15H,4-5,7-8H2,1H3,(H,14,16). The van der Waals surface area contributed by atoms with Gasteiger partial charge in [0, 0.05) is 19.1 Å². The number of aromatic hydroxyl groups is 1. The van der Waals surface area contributed by atoms with E-state index in [4.69, 9.17) is 4.74 Å². The van der Waals surface area contributed by atoms with Crippen molar-refractivity contribution in [3.8, 4) is 5.75 Å². The van der Waals surface area contributed by atoms with Gasteiger partial charge in [0.15, 0.2) is 0 Å². The molecule has 1 fully saturated rings. The van der Waals surface area contributed by atoms with Gasteiger partial charge in [-0.15, -0.1) is 0 Å². The van der Waals surface area contributed by atoms with Gasteiger partial charge in [0.1, 0.15) is 5.75 Å². The monoisotopic (exact) mass is 235 g/mol. The fourth-order valence-electron chi connectivity index (χ4n) is 1.91. The van der Waals surface area contributed by atoms with Crippen LogP contribution in [0.25, 0.3) is 0 Å². The van der Waals surface area contributed by atoms with Crippen LogP contribution < -0.4 is 5.32 Å². The zero-order chi connectivity index (χ0) is 12.3. The molecule has 4 heteroatoms. The van der Waals surface area contributed by atoms with Gasteiger partial charge in [-0.05, 0) is 25.5 Å². The minimum atomic E-state index is -0.224. The Balaban J connectivity index is 1.96. The molecule has 1 amide bonds. The number of phenols is 1. The molecule has 2 N–H and O–H groups in total. The number of hydrogen-bond acceptors (Lipinski definition) is 3. The van der Waals surface area contributed by atoms with E-state index in [1.807, 2.05) is 6.92 Å². The Hall–Kier alpha value is -1.55. The number of phenolic OH excluding ortho intramolecular Hbond substituents is 1. The van der Waals surface area contributed by atoms with E-state index in [0.717, 1.165) is 18.6 Å². The van der Waals surface area contributed by atoms with E-state index in [1.165, 1.54) is 0 Å². The summed E-state index contributed by atoms with van der Waals surface area (Å²) in [5.74, 6) is 0.194. The van der Waals surface area contributed by atoms with E-state index in [2.05, 4.69) is 5.32 Å². The van der Waals surface area contributed by atoms with E-state index in [-0.39, 0.29) is 11.7 Å². The van der Waals surface area contributed by atoms with Gasteiger partial charge in [-0.3, -0.25) is 4.79 Å². The second-order valence-electron chi connectivity index (χ2n) is 4.46. The summed E-state index contributed by atoms with van der Waals surface area (Å²) in [4.78, 5) is 11.9. The van der Waals surface area contributed by atoms with E-state index in [9.17, 15) is 9.90 Å². The average molecular weight is 235 g/mol. The number of ether oxygens (including phenoxy) is 1. The maximum absolute atomic E-state index is 11.9. The molecule has 92 valence electrons. The van der Waals surface area contributed by atoms with Crippen LogP contribution in [-0.2, 0) is 4.74 Å². The topological polar surface area (TPSA) is 58.6 Å². The van der Waals surface area contributed by atoms with Crippen LogP contribution in [0.5, 0.6) is 5.75 Å². The van der Waals surface area contributed by atoms with Crippen molar-refractivity contribution in [1.82, 2.24) is 5.32 Å². The quantitative estimate of drug-likeness (QED) is 0.834. The van der Waals surface area contributed by atoms with Gasteiger partial charge in [0.25, 0.3) is 5.91 Å². The highest BCUT2D eigenvalue weighted by atomic mass is 16.5. The number of benzene rings is 1. The molecule has 17 heavy (non-hydrogen) atoms. The van der Waals surface area contributed by atoms with Gasteiger partial charge in [0.2, 0.25) is 0 Å². The van der Waals surface area contributed by atoms with Crippen molar-refractivity contribution in [2.45, 2.75) is 13.3 Å². The summed E-state index contributed by atoms with van der Waals surface area (Å²) < 4.78 is 5.24. The van der Waals surface area contributed by atoms with E-state index in [1.54, 1.807) is 18.2 Å². The smallest absolute Gasteiger partial charge is 0.255 e.